The molecule has 0 heterocycles. The first-order chi connectivity index (χ1) is 5.76. The van der Waals surface area contributed by atoms with Crippen molar-refractivity contribution in [3.63, 3.8) is 0 Å². The van der Waals surface area contributed by atoms with E-state index in [1.807, 2.05) is 0 Å². The van der Waals surface area contributed by atoms with Gasteiger partial charge in [0.15, 0.2) is 0 Å². The topological polar surface area (TPSA) is 40.5 Å². The molecular weight excluding hydrogens is 152 g/mol. The average Bonchev–Trinajstić information content (AvgIpc) is 2.14. The van der Waals surface area contributed by atoms with E-state index in [1.54, 1.807) is 5.57 Å². The van der Waals surface area contributed by atoms with Crippen LogP contribution in [-0.2, 0) is 0 Å². The second-order valence-electron chi connectivity index (χ2n) is 2.42. The zero-order chi connectivity index (χ0) is 9.82. The summed E-state index contributed by atoms with van der Waals surface area (Å²) >= 11 is 0. The van der Waals surface area contributed by atoms with Crippen LogP contribution in [-0.4, -0.2) is 23.4 Å². The lowest BCUT2D eigenvalue weighted by Crippen LogP contribution is -1.85. The van der Waals surface area contributed by atoms with Gasteiger partial charge in [0.05, 0.1) is 13.2 Å². The van der Waals surface area contributed by atoms with E-state index in [0.717, 1.165) is 0 Å². The summed E-state index contributed by atoms with van der Waals surface area (Å²) in [5, 5.41) is 15.2. The molecule has 0 aliphatic heterocycles. The number of hydrogen-bond acceptors (Lipinski definition) is 2. The Morgan fingerprint density at radius 1 is 1.00 bits per heavy atom. The minimum atomic E-state index is -0.125. The van der Waals surface area contributed by atoms with Gasteiger partial charge in [-0.25, -0.2) is 0 Å². The van der Waals surface area contributed by atoms with Crippen LogP contribution in [0, 0.1) is 0 Å². The van der Waals surface area contributed by atoms with E-state index in [1.165, 1.54) is 19.3 Å². The van der Waals surface area contributed by atoms with Gasteiger partial charge in [-0.15, -0.1) is 0 Å². The van der Waals surface area contributed by atoms with Crippen molar-refractivity contribution < 1.29 is 10.2 Å². The molecule has 0 fully saturated rings. The van der Waals surface area contributed by atoms with Crippen molar-refractivity contribution in [2.75, 3.05) is 13.2 Å². The molecule has 0 radical (unpaired) electrons. The normalized spacial score (nSPS) is 8.42. The Hall–Kier alpha value is -0.340. The summed E-state index contributed by atoms with van der Waals surface area (Å²) in [6.07, 6.45) is 5.96. The predicted molar refractivity (Wildman–Crippen MR) is 53.1 cm³/mol. The molecule has 0 spiro atoms. The molecule has 0 amide bonds. The quantitative estimate of drug-likeness (QED) is 0.641. The lowest BCUT2D eigenvalue weighted by Gasteiger charge is -1.95. The van der Waals surface area contributed by atoms with Crippen molar-refractivity contribution in [1.82, 2.24) is 0 Å². The molecule has 0 bridgehead atoms. The number of aliphatic hydroxyl groups excluding tert-OH is 2. The van der Waals surface area contributed by atoms with Crippen molar-refractivity contribution in [1.29, 1.82) is 0 Å². The lowest BCUT2D eigenvalue weighted by atomic mass is 10.1. The summed E-state index contributed by atoms with van der Waals surface area (Å²) in [5.41, 5.74) is 1.59. The van der Waals surface area contributed by atoms with E-state index in [2.05, 4.69) is 26.8 Å². The molecule has 0 aromatic carbocycles. The van der Waals surface area contributed by atoms with Gasteiger partial charge in [-0.3, -0.25) is 0 Å². The number of allylic oxidation sites excluding steroid dienone is 2. The van der Waals surface area contributed by atoms with Gasteiger partial charge in [0.2, 0.25) is 0 Å². The summed E-state index contributed by atoms with van der Waals surface area (Å²) in [5.74, 6) is 0. The predicted octanol–water partition coefficient (Wildman–Crippen LogP) is 2.11. The standard InChI is InChI=1S/C8H16.C2H6O2/c1-4-7-8(5-2)6-3;3-1-2-4/h7H,4-6H2,1-3H3;3-4H,1-2H2. The van der Waals surface area contributed by atoms with Crippen LogP contribution in [0.15, 0.2) is 11.6 Å². The highest BCUT2D eigenvalue weighted by atomic mass is 16.3. The third-order valence-corrected chi connectivity index (χ3v) is 1.50. The van der Waals surface area contributed by atoms with Crippen molar-refractivity contribution >= 4 is 0 Å². The summed E-state index contributed by atoms with van der Waals surface area (Å²) in [4.78, 5) is 0. The molecule has 2 nitrogen and oxygen atoms in total. The van der Waals surface area contributed by atoms with Crippen LogP contribution in [0.2, 0.25) is 0 Å². The molecule has 0 aromatic rings. The fraction of sp³-hybridized carbons (Fsp3) is 0.800. The summed E-state index contributed by atoms with van der Waals surface area (Å²) in [6, 6.07) is 0. The van der Waals surface area contributed by atoms with Crippen LogP contribution in [0.25, 0.3) is 0 Å². The Bertz CT molecular complexity index is 90.0. The molecule has 2 heteroatoms. The minimum absolute atomic E-state index is 0.125. The Kier molecular flexibility index (Phi) is 15.7. The van der Waals surface area contributed by atoms with Gasteiger partial charge < -0.3 is 10.2 Å². The molecule has 74 valence electrons. The smallest absolute Gasteiger partial charge is 0.0662 e. The molecule has 0 saturated carbocycles. The molecule has 0 rings (SSSR count). The molecule has 0 atom stereocenters. The van der Waals surface area contributed by atoms with Crippen LogP contribution >= 0.6 is 0 Å². The third kappa shape index (κ3) is 12.3. The van der Waals surface area contributed by atoms with Gasteiger partial charge >= 0.3 is 0 Å². The monoisotopic (exact) mass is 174 g/mol. The van der Waals surface area contributed by atoms with Gasteiger partial charge in [0.25, 0.3) is 0 Å². The van der Waals surface area contributed by atoms with Gasteiger partial charge in [-0.2, -0.15) is 0 Å². The van der Waals surface area contributed by atoms with E-state index < -0.39 is 0 Å². The highest BCUT2D eigenvalue weighted by Crippen LogP contribution is 2.05. The van der Waals surface area contributed by atoms with E-state index in [0.29, 0.717) is 0 Å². The highest BCUT2D eigenvalue weighted by Gasteiger charge is 1.84. The van der Waals surface area contributed by atoms with Gasteiger partial charge in [0, 0.05) is 0 Å². The highest BCUT2D eigenvalue weighted by molar-refractivity contribution is 4.99. The maximum Gasteiger partial charge on any atom is 0.0662 e. The van der Waals surface area contributed by atoms with E-state index in [4.69, 9.17) is 10.2 Å². The van der Waals surface area contributed by atoms with E-state index in [9.17, 15) is 0 Å². The first-order valence-corrected chi connectivity index (χ1v) is 4.66. The van der Waals surface area contributed by atoms with Crippen molar-refractivity contribution in [2.24, 2.45) is 0 Å². The molecular formula is C10H22O2. The maximum absolute atomic E-state index is 7.62. The summed E-state index contributed by atoms with van der Waals surface area (Å²) in [7, 11) is 0. The average molecular weight is 174 g/mol. The van der Waals surface area contributed by atoms with Crippen LogP contribution in [0.4, 0.5) is 0 Å². The molecule has 0 aliphatic carbocycles. The lowest BCUT2D eigenvalue weighted by molar-refractivity contribution is 0.186. The van der Waals surface area contributed by atoms with E-state index >= 15 is 0 Å². The molecule has 12 heavy (non-hydrogen) atoms. The summed E-state index contributed by atoms with van der Waals surface area (Å²) < 4.78 is 0. The molecule has 0 unspecified atom stereocenters. The van der Waals surface area contributed by atoms with Gasteiger partial charge in [-0.05, 0) is 19.3 Å². The Morgan fingerprint density at radius 2 is 1.42 bits per heavy atom. The fourth-order valence-electron chi connectivity index (χ4n) is 0.827. The van der Waals surface area contributed by atoms with Gasteiger partial charge in [-0.1, -0.05) is 32.4 Å². The minimum Gasteiger partial charge on any atom is -0.394 e. The van der Waals surface area contributed by atoms with Crippen molar-refractivity contribution in [2.45, 2.75) is 40.0 Å². The SMILES string of the molecule is CCC=C(CC)CC.OCCO. The first kappa shape index (κ1) is 14.2. The number of aliphatic hydroxyl groups is 2. The Morgan fingerprint density at radius 3 is 1.50 bits per heavy atom. The first-order valence-electron chi connectivity index (χ1n) is 4.66. The maximum atomic E-state index is 7.62. The van der Waals surface area contributed by atoms with Crippen LogP contribution < -0.4 is 0 Å². The largest absolute Gasteiger partial charge is 0.394 e. The second-order valence-corrected chi connectivity index (χ2v) is 2.42. The number of rotatable bonds is 4. The Balaban J connectivity index is 0. The van der Waals surface area contributed by atoms with Gasteiger partial charge in [0.1, 0.15) is 0 Å². The zero-order valence-electron chi connectivity index (χ0n) is 8.51. The van der Waals surface area contributed by atoms with Crippen LogP contribution in [0.5, 0.6) is 0 Å². The zero-order valence-corrected chi connectivity index (χ0v) is 8.51. The second kappa shape index (κ2) is 13.3. The van der Waals surface area contributed by atoms with Crippen molar-refractivity contribution in [3.05, 3.63) is 11.6 Å². The summed E-state index contributed by atoms with van der Waals surface area (Å²) in [6.45, 7) is 6.36. The Labute approximate surface area is 75.9 Å². The van der Waals surface area contributed by atoms with Crippen molar-refractivity contribution in [3.8, 4) is 0 Å². The molecule has 0 aliphatic rings. The number of hydrogen-bond donors (Lipinski definition) is 2. The van der Waals surface area contributed by atoms with Crippen LogP contribution in [0.3, 0.4) is 0 Å². The third-order valence-electron chi connectivity index (χ3n) is 1.50. The molecule has 0 aromatic heterocycles. The molecule has 2 N–H and O–H groups in total. The fourth-order valence-corrected chi connectivity index (χ4v) is 0.827. The van der Waals surface area contributed by atoms with Crippen LogP contribution in [0.1, 0.15) is 40.0 Å². The molecule has 0 saturated heterocycles. The van der Waals surface area contributed by atoms with E-state index in [-0.39, 0.29) is 13.2 Å².